The predicted molar refractivity (Wildman–Crippen MR) is 48.2 cm³/mol. The molecule has 0 radical (unpaired) electrons. The fourth-order valence-corrected chi connectivity index (χ4v) is 2.37. The number of hydrogen-bond acceptors (Lipinski definition) is 4. The SMILES string of the molecule is NCCOP(=O)(O)OC1CCCC1. The van der Waals surface area contributed by atoms with Crippen LogP contribution >= 0.6 is 7.82 Å². The molecule has 6 heteroatoms. The molecule has 1 aliphatic rings. The van der Waals surface area contributed by atoms with E-state index in [1.807, 2.05) is 0 Å². The molecule has 1 aliphatic carbocycles. The van der Waals surface area contributed by atoms with Gasteiger partial charge in [-0.25, -0.2) is 4.57 Å². The van der Waals surface area contributed by atoms with Crippen molar-refractivity contribution in [1.29, 1.82) is 0 Å². The molecule has 1 atom stereocenters. The summed E-state index contributed by atoms with van der Waals surface area (Å²) in [5.74, 6) is 0. The second-order valence-electron chi connectivity index (χ2n) is 3.10. The van der Waals surface area contributed by atoms with E-state index >= 15 is 0 Å². The minimum absolute atomic E-state index is 0.0560. The van der Waals surface area contributed by atoms with Crippen LogP contribution in [0.25, 0.3) is 0 Å². The molecule has 0 saturated heterocycles. The predicted octanol–water partition coefficient (Wildman–Crippen LogP) is 1.02. The molecule has 1 unspecified atom stereocenters. The Morgan fingerprint density at radius 3 is 2.62 bits per heavy atom. The Kier molecular flexibility index (Phi) is 4.35. The van der Waals surface area contributed by atoms with E-state index in [1.54, 1.807) is 0 Å². The van der Waals surface area contributed by atoms with Gasteiger partial charge in [0.15, 0.2) is 0 Å². The number of phosphoric ester groups is 1. The Hall–Kier alpha value is 0.0700. The van der Waals surface area contributed by atoms with E-state index in [-0.39, 0.29) is 19.3 Å². The monoisotopic (exact) mass is 209 g/mol. The second-order valence-corrected chi connectivity index (χ2v) is 4.51. The normalized spacial score (nSPS) is 23.2. The van der Waals surface area contributed by atoms with Gasteiger partial charge in [-0.05, 0) is 12.8 Å². The van der Waals surface area contributed by atoms with Crippen molar-refractivity contribution in [2.75, 3.05) is 13.2 Å². The van der Waals surface area contributed by atoms with Crippen LogP contribution in [0.4, 0.5) is 0 Å². The van der Waals surface area contributed by atoms with Crippen LogP contribution in [0, 0.1) is 0 Å². The standard InChI is InChI=1S/C7H16NO4P/c8-5-6-11-13(9,10)12-7-3-1-2-4-7/h7H,1-6,8H2,(H,9,10). The molecule has 5 nitrogen and oxygen atoms in total. The first-order chi connectivity index (χ1) is 6.14. The molecule has 0 spiro atoms. The van der Waals surface area contributed by atoms with E-state index in [0.717, 1.165) is 25.7 Å². The zero-order valence-electron chi connectivity index (χ0n) is 7.52. The quantitative estimate of drug-likeness (QED) is 0.660. The highest BCUT2D eigenvalue weighted by Crippen LogP contribution is 2.46. The van der Waals surface area contributed by atoms with Crippen molar-refractivity contribution in [1.82, 2.24) is 0 Å². The summed E-state index contributed by atoms with van der Waals surface area (Å²) in [5, 5.41) is 0. The molecule has 3 N–H and O–H groups in total. The Morgan fingerprint density at radius 2 is 2.08 bits per heavy atom. The fraction of sp³-hybridized carbons (Fsp3) is 1.00. The summed E-state index contributed by atoms with van der Waals surface area (Å²) in [5.41, 5.74) is 5.13. The van der Waals surface area contributed by atoms with Crippen LogP contribution in [0.1, 0.15) is 25.7 Å². The van der Waals surface area contributed by atoms with Gasteiger partial charge in [-0.15, -0.1) is 0 Å². The van der Waals surface area contributed by atoms with Crippen LogP contribution in [0.5, 0.6) is 0 Å². The molecule has 0 aromatic heterocycles. The molecule has 1 saturated carbocycles. The lowest BCUT2D eigenvalue weighted by atomic mass is 10.3. The van der Waals surface area contributed by atoms with E-state index in [2.05, 4.69) is 4.52 Å². The molecular formula is C7H16NO4P. The van der Waals surface area contributed by atoms with Crippen LogP contribution in [0.15, 0.2) is 0 Å². The van der Waals surface area contributed by atoms with Crippen molar-refractivity contribution < 1.29 is 18.5 Å². The van der Waals surface area contributed by atoms with Gasteiger partial charge in [0.2, 0.25) is 0 Å². The lowest BCUT2D eigenvalue weighted by molar-refractivity contribution is 0.109. The molecule has 13 heavy (non-hydrogen) atoms. The highest BCUT2D eigenvalue weighted by atomic mass is 31.2. The Bertz CT molecular complexity index is 193. The first-order valence-corrected chi connectivity index (χ1v) is 5.99. The Balaban J connectivity index is 2.27. The van der Waals surface area contributed by atoms with Crippen molar-refractivity contribution in [2.24, 2.45) is 5.73 Å². The summed E-state index contributed by atoms with van der Waals surface area (Å²) >= 11 is 0. The third-order valence-corrected chi connectivity index (χ3v) is 3.03. The van der Waals surface area contributed by atoms with Crippen molar-refractivity contribution in [3.63, 3.8) is 0 Å². The van der Waals surface area contributed by atoms with Gasteiger partial charge in [0, 0.05) is 6.54 Å². The number of phosphoric acid groups is 1. The lowest BCUT2D eigenvalue weighted by Gasteiger charge is -2.15. The van der Waals surface area contributed by atoms with E-state index in [0.29, 0.717) is 0 Å². The van der Waals surface area contributed by atoms with Gasteiger partial charge in [0.05, 0.1) is 12.7 Å². The summed E-state index contributed by atoms with van der Waals surface area (Å²) in [6.07, 6.45) is 3.68. The highest BCUT2D eigenvalue weighted by molar-refractivity contribution is 7.47. The van der Waals surface area contributed by atoms with Crippen LogP contribution in [0.3, 0.4) is 0 Å². The minimum atomic E-state index is -3.84. The van der Waals surface area contributed by atoms with E-state index in [4.69, 9.17) is 15.2 Å². The molecule has 0 aromatic rings. The van der Waals surface area contributed by atoms with Gasteiger partial charge in [-0.3, -0.25) is 9.05 Å². The maximum absolute atomic E-state index is 11.2. The molecule has 1 fully saturated rings. The molecule has 0 aromatic carbocycles. The molecule has 78 valence electrons. The number of hydrogen-bond donors (Lipinski definition) is 2. The van der Waals surface area contributed by atoms with Crippen molar-refractivity contribution >= 4 is 7.82 Å². The maximum atomic E-state index is 11.2. The first-order valence-electron chi connectivity index (χ1n) is 4.50. The van der Waals surface area contributed by atoms with Crippen molar-refractivity contribution in [3.05, 3.63) is 0 Å². The zero-order chi connectivity index (χ0) is 9.73. The van der Waals surface area contributed by atoms with E-state index in [9.17, 15) is 4.57 Å². The zero-order valence-corrected chi connectivity index (χ0v) is 8.41. The smallest absolute Gasteiger partial charge is 0.328 e. The summed E-state index contributed by atoms with van der Waals surface area (Å²) < 4.78 is 20.7. The molecule has 0 amide bonds. The Morgan fingerprint density at radius 1 is 1.46 bits per heavy atom. The van der Waals surface area contributed by atoms with E-state index in [1.165, 1.54) is 0 Å². The number of rotatable bonds is 5. The maximum Gasteiger partial charge on any atom is 0.472 e. The first kappa shape index (κ1) is 11.1. The average molecular weight is 209 g/mol. The summed E-state index contributed by atoms with van der Waals surface area (Å²) in [7, 11) is -3.84. The second kappa shape index (κ2) is 5.08. The summed E-state index contributed by atoms with van der Waals surface area (Å²) in [4.78, 5) is 9.16. The highest BCUT2D eigenvalue weighted by Gasteiger charge is 2.28. The lowest BCUT2D eigenvalue weighted by Crippen LogP contribution is -2.11. The van der Waals surface area contributed by atoms with Gasteiger partial charge in [0.25, 0.3) is 0 Å². The van der Waals surface area contributed by atoms with Crippen LogP contribution in [0.2, 0.25) is 0 Å². The summed E-state index contributed by atoms with van der Waals surface area (Å²) in [6, 6.07) is 0. The fourth-order valence-electron chi connectivity index (χ4n) is 1.38. The Labute approximate surface area is 77.8 Å². The van der Waals surface area contributed by atoms with Crippen LogP contribution < -0.4 is 5.73 Å². The third kappa shape index (κ3) is 4.20. The molecule has 0 bridgehead atoms. The molecule has 0 heterocycles. The third-order valence-electron chi connectivity index (χ3n) is 1.96. The molecule has 0 aliphatic heterocycles. The summed E-state index contributed by atoms with van der Waals surface area (Å²) in [6.45, 7) is 0.277. The van der Waals surface area contributed by atoms with Crippen molar-refractivity contribution in [2.45, 2.75) is 31.8 Å². The van der Waals surface area contributed by atoms with Gasteiger partial charge in [0.1, 0.15) is 0 Å². The average Bonchev–Trinajstić information content (AvgIpc) is 2.52. The van der Waals surface area contributed by atoms with Gasteiger partial charge < -0.3 is 10.6 Å². The van der Waals surface area contributed by atoms with Gasteiger partial charge in [-0.2, -0.15) is 0 Å². The van der Waals surface area contributed by atoms with Crippen LogP contribution in [-0.2, 0) is 13.6 Å². The van der Waals surface area contributed by atoms with Gasteiger partial charge >= 0.3 is 7.82 Å². The van der Waals surface area contributed by atoms with Gasteiger partial charge in [-0.1, -0.05) is 12.8 Å². The molecular weight excluding hydrogens is 193 g/mol. The number of nitrogens with two attached hydrogens (primary N) is 1. The topological polar surface area (TPSA) is 81.8 Å². The van der Waals surface area contributed by atoms with E-state index < -0.39 is 7.82 Å². The molecule has 1 rings (SSSR count). The van der Waals surface area contributed by atoms with Crippen LogP contribution in [-0.4, -0.2) is 24.1 Å². The minimum Gasteiger partial charge on any atom is -0.328 e. The van der Waals surface area contributed by atoms with Crippen molar-refractivity contribution in [3.8, 4) is 0 Å². The largest absolute Gasteiger partial charge is 0.472 e.